The molecule has 10 rings (SSSR count). The maximum atomic E-state index is 6.64. The summed E-state index contributed by atoms with van der Waals surface area (Å²) in [6.45, 7) is 13.3. The van der Waals surface area contributed by atoms with Gasteiger partial charge in [0.05, 0.1) is 22.7 Å². The lowest BCUT2D eigenvalue weighted by Gasteiger charge is -2.31. The highest BCUT2D eigenvalue weighted by Gasteiger charge is 2.26. The number of para-hydroxylation sites is 6. The zero-order valence-electron chi connectivity index (χ0n) is 33.7. The van der Waals surface area contributed by atoms with Crippen LogP contribution in [0.25, 0.3) is 55.0 Å². The van der Waals surface area contributed by atoms with Crippen molar-refractivity contribution in [2.24, 2.45) is 0 Å². The minimum absolute atomic E-state index is 0.883. The molecule has 282 valence electrons. The molecule has 0 aliphatic carbocycles. The second kappa shape index (κ2) is 13.9. The average molecular weight is 753 g/mol. The number of anilines is 6. The fourth-order valence-electron chi connectivity index (χ4n) is 9.14. The fourth-order valence-corrected chi connectivity index (χ4v) is 9.14. The molecule has 0 bridgehead atoms. The van der Waals surface area contributed by atoms with E-state index in [1.165, 1.54) is 44.5 Å². The van der Waals surface area contributed by atoms with E-state index in [1.807, 2.05) is 12.1 Å². The molecule has 0 spiro atoms. The first-order valence-electron chi connectivity index (χ1n) is 20.0. The van der Waals surface area contributed by atoms with E-state index in [9.17, 15) is 0 Å². The summed E-state index contributed by atoms with van der Waals surface area (Å²) in [5.41, 5.74) is 19.6. The predicted octanol–water partition coefficient (Wildman–Crippen LogP) is 15.9. The molecule has 8 aromatic carbocycles. The number of hydrogen-bond acceptors (Lipinski definition) is 4. The van der Waals surface area contributed by atoms with Crippen molar-refractivity contribution < 1.29 is 8.83 Å². The molecule has 0 N–H and O–H groups in total. The molecule has 0 aliphatic heterocycles. The van der Waals surface area contributed by atoms with Crippen LogP contribution in [0.3, 0.4) is 0 Å². The number of benzene rings is 8. The number of rotatable bonds is 7. The number of hydrogen-bond donors (Lipinski definition) is 0. The molecule has 0 radical (unpaired) electrons. The number of furan rings is 2. The number of fused-ring (bicyclic) bond motifs is 6. The molecule has 4 nitrogen and oxygen atoms in total. The largest absolute Gasteiger partial charge is 0.454 e. The fraction of sp³-hybridized carbons (Fsp3) is 0.111. The van der Waals surface area contributed by atoms with Crippen molar-refractivity contribution in [3.8, 4) is 11.1 Å². The van der Waals surface area contributed by atoms with Crippen LogP contribution in [0, 0.1) is 41.5 Å². The Bertz CT molecular complexity index is 2960. The van der Waals surface area contributed by atoms with Crippen molar-refractivity contribution in [1.29, 1.82) is 0 Å². The summed E-state index contributed by atoms with van der Waals surface area (Å²) in [6.07, 6.45) is 0. The lowest BCUT2D eigenvalue weighted by atomic mass is 9.93. The van der Waals surface area contributed by atoms with E-state index in [0.29, 0.717) is 0 Å². The Balaban J connectivity index is 1.12. The summed E-state index contributed by atoms with van der Waals surface area (Å²) in [4.78, 5) is 4.79. The van der Waals surface area contributed by atoms with Crippen molar-refractivity contribution in [3.63, 3.8) is 0 Å². The topological polar surface area (TPSA) is 32.8 Å². The van der Waals surface area contributed by atoms with Crippen LogP contribution in [-0.2, 0) is 0 Å². The minimum Gasteiger partial charge on any atom is -0.454 e. The minimum atomic E-state index is 0.883. The quantitative estimate of drug-likeness (QED) is 0.162. The summed E-state index contributed by atoms with van der Waals surface area (Å²) in [5.74, 6) is 0. The smallest absolute Gasteiger partial charge is 0.159 e. The van der Waals surface area contributed by atoms with Crippen LogP contribution in [0.4, 0.5) is 34.1 Å². The van der Waals surface area contributed by atoms with E-state index in [4.69, 9.17) is 8.83 Å². The molecule has 0 unspecified atom stereocenters. The zero-order chi connectivity index (χ0) is 39.7. The van der Waals surface area contributed by atoms with Gasteiger partial charge in [0.1, 0.15) is 11.2 Å². The normalized spacial score (nSPS) is 11.6. The Morgan fingerprint density at radius 1 is 0.310 bits per heavy atom. The lowest BCUT2D eigenvalue weighted by Crippen LogP contribution is -2.15. The second-order valence-electron chi connectivity index (χ2n) is 15.7. The van der Waals surface area contributed by atoms with Crippen LogP contribution in [0.1, 0.15) is 33.4 Å². The van der Waals surface area contributed by atoms with E-state index in [-0.39, 0.29) is 0 Å². The molecule has 58 heavy (non-hydrogen) atoms. The standard InChI is InChI=1S/C54H44N2O2/c1-33-17-7-11-23-45(33)55(47-25-15-21-43-41-19-9-13-27-49(41)57-53(43)47)51-35(3)29-39(30-36(51)4)40-31-37(5)52(38(6)32-40)56(46-24-12-8-18-34(46)2)48-26-16-22-44-42-20-10-14-28-50(42)58-54(44)48/h7-32H,1-6H3. The third-order valence-corrected chi connectivity index (χ3v) is 11.7. The molecular weight excluding hydrogens is 709 g/mol. The molecular formula is C54H44N2O2. The molecule has 0 saturated heterocycles. The van der Waals surface area contributed by atoms with Crippen molar-refractivity contribution >= 4 is 78.0 Å². The van der Waals surface area contributed by atoms with Gasteiger partial charge in [0, 0.05) is 32.9 Å². The highest BCUT2D eigenvalue weighted by Crippen LogP contribution is 2.48. The maximum absolute atomic E-state index is 6.64. The molecule has 0 saturated carbocycles. The predicted molar refractivity (Wildman–Crippen MR) is 244 cm³/mol. The van der Waals surface area contributed by atoms with E-state index in [0.717, 1.165) is 78.0 Å². The summed E-state index contributed by atoms with van der Waals surface area (Å²) >= 11 is 0. The van der Waals surface area contributed by atoms with Gasteiger partial charge >= 0.3 is 0 Å². The van der Waals surface area contributed by atoms with Crippen LogP contribution in [0.5, 0.6) is 0 Å². The van der Waals surface area contributed by atoms with E-state index in [2.05, 4.69) is 197 Å². The van der Waals surface area contributed by atoms with Crippen molar-refractivity contribution in [3.05, 3.63) is 191 Å². The average Bonchev–Trinajstić information content (AvgIpc) is 3.80. The van der Waals surface area contributed by atoms with Gasteiger partial charge in [-0.15, -0.1) is 0 Å². The van der Waals surface area contributed by atoms with Gasteiger partial charge in [0.2, 0.25) is 0 Å². The first kappa shape index (κ1) is 35.4. The van der Waals surface area contributed by atoms with E-state index in [1.54, 1.807) is 0 Å². The first-order chi connectivity index (χ1) is 28.3. The number of nitrogens with zero attached hydrogens (tertiary/aromatic N) is 2. The molecule has 4 heteroatoms. The van der Waals surface area contributed by atoms with Crippen LogP contribution in [0.2, 0.25) is 0 Å². The van der Waals surface area contributed by atoms with E-state index >= 15 is 0 Å². The van der Waals surface area contributed by atoms with Gasteiger partial charge < -0.3 is 18.6 Å². The Labute approximate surface area is 339 Å². The molecule has 2 heterocycles. The summed E-state index contributed by atoms with van der Waals surface area (Å²) in [7, 11) is 0. The van der Waals surface area contributed by atoms with Gasteiger partial charge in [0.15, 0.2) is 11.2 Å². The van der Waals surface area contributed by atoms with Gasteiger partial charge in [-0.1, -0.05) is 97.1 Å². The lowest BCUT2D eigenvalue weighted by molar-refractivity contribution is 0.668. The Morgan fingerprint density at radius 3 is 1.03 bits per heavy atom. The van der Waals surface area contributed by atoms with Crippen molar-refractivity contribution in [2.75, 3.05) is 9.80 Å². The van der Waals surface area contributed by atoms with Crippen LogP contribution in [-0.4, -0.2) is 0 Å². The first-order valence-corrected chi connectivity index (χ1v) is 20.0. The van der Waals surface area contributed by atoms with Crippen LogP contribution < -0.4 is 9.80 Å². The van der Waals surface area contributed by atoms with Gasteiger partial charge in [0.25, 0.3) is 0 Å². The summed E-state index contributed by atoms with van der Waals surface area (Å²) in [6, 6.07) is 56.2. The highest BCUT2D eigenvalue weighted by atomic mass is 16.3. The van der Waals surface area contributed by atoms with Crippen molar-refractivity contribution in [1.82, 2.24) is 0 Å². The van der Waals surface area contributed by atoms with E-state index < -0.39 is 0 Å². The zero-order valence-corrected chi connectivity index (χ0v) is 33.7. The molecule has 0 amide bonds. The van der Waals surface area contributed by atoms with Gasteiger partial charge in [-0.05, 0) is 147 Å². The monoisotopic (exact) mass is 752 g/mol. The molecule has 2 aromatic heterocycles. The SMILES string of the molecule is Cc1ccccc1N(c1c(C)cc(-c2cc(C)c(N(c3ccccc3C)c3cccc4c3oc3ccccc34)c(C)c2)cc1C)c1cccc2c1oc1ccccc12. The Morgan fingerprint density at radius 2 is 0.638 bits per heavy atom. The third-order valence-electron chi connectivity index (χ3n) is 11.7. The van der Waals surface area contributed by atoms with Crippen LogP contribution >= 0.6 is 0 Å². The maximum Gasteiger partial charge on any atom is 0.159 e. The van der Waals surface area contributed by atoms with Crippen LogP contribution in [0.15, 0.2) is 167 Å². The summed E-state index contributed by atoms with van der Waals surface area (Å²) < 4.78 is 13.3. The van der Waals surface area contributed by atoms with Gasteiger partial charge in [-0.3, -0.25) is 0 Å². The second-order valence-corrected chi connectivity index (χ2v) is 15.7. The highest BCUT2D eigenvalue weighted by molar-refractivity contribution is 6.12. The Hall–Kier alpha value is -7.04. The molecule has 0 aliphatic rings. The van der Waals surface area contributed by atoms with Gasteiger partial charge in [-0.2, -0.15) is 0 Å². The molecule has 10 aromatic rings. The number of aryl methyl sites for hydroxylation is 6. The third kappa shape index (κ3) is 5.67. The molecule has 0 fully saturated rings. The molecule has 0 atom stereocenters. The summed E-state index contributed by atoms with van der Waals surface area (Å²) in [5, 5.41) is 4.47. The Kier molecular flexibility index (Phi) is 8.45. The van der Waals surface area contributed by atoms with Gasteiger partial charge in [-0.25, -0.2) is 0 Å². The van der Waals surface area contributed by atoms with Crippen molar-refractivity contribution in [2.45, 2.75) is 41.5 Å².